The zero-order chi connectivity index (χ0) is 12.9. The predicted octanol–water partition coefficient (Wildman–Crippen LogP) is 4.06. The number of carbonyl (C=O) groups excluding carboxylic acids is 2. The molecule has 88 valence electrons. The van der Waals surface area contributed by atoms with Crippen molar-refractivity contribution in [3.8, 4) is 0 Å². The molecule has 0 amide bonds. The van der Waals surface area contributed by atoms with E-state index in [0.717, 1.165) is 16.3 Å². The molecule has 2 nitrogen and oxygen atoms in total. The van der Waals surface area contributed by atoms with Crippen LogP contribution in [0.2, 0.25) is 0 Å². The molecule has 0 spiro atoms. The molecule has 0 bridgehead atoms. The largest absolute Gasteiger partial charge is 0.285 e. The molecule has 0 fully saturated rings. The average Bonchev–Trinajstić information content (AvgIpc) is 2.41. The minimum Gasteiger partial charge on any atom is -0.285 e. The fourth-order valence-electron chi connectivity index (χ4n) is 2.13. The van der Waals surface area contributed by atoms with Gasteiger partial charge in [0, 0.05) is 15.6 Å². The lowest BCUT2D eigenvalue weighted by atomic mass is 9.91. The molecule has 4 heteroatoms. The maximum Gasteiger partial charge on any atom is 0.241 e. The molecule has 0 aliphatic heterocycles. The van der Waals surface area contributed by atoms with Crippen molar-refractivity contribution in [1.29, 1.82) is 0 Å². The maximum absolute atomic E-state index is 12.0. The molecule has 1 aliphatic rings. The van der Waals surface area contributed by atoms with Crippen molar-refractivity contribution in [3.63, 3.8) is 0 Å². The standard InChI is InChI=1S/C14H6Br2O2/c15-11-10-8-4-2-1-3-7(8)5-6-9(10)13(17)14(18)12(11)16/h1-6H. The predicted molar refractivity (Wildman–Crippen MR) is 78.1 cm³/mol. The summed E-state index contributed by atoms with van der Waals surface area (Å²) in [5, 5.41) is 2.00. The minimum atomic E-state index is -0.510. The topological polar surface area (TPSA) is 34.1 Å². The summed E-state index contributed by atoms with van der Waals surface area (Å²) in [6, 6.07) is 11.3. The Kier molecular flexibility index (Phi) is 2.72. The van der Waals surface area contributed by atoms with E-state index in [0.29, 0.717) is 10.0 Å². The number of fused-ring (bicyclic) bond motifs is 3. The van der Waals surface area contributed by atoms with Crippen molar-refractivity contribution >= 4 is 58.7 Å². The first-order valence-electron chi connectivity index (χ1n) is 5.27. The highest BCUT2D eigenvalue weighted by atomic mass is 79.9. The second-order valence-electron chi connectivity index (χ2n) is 4.00. The Labute approximate surface area is 120 Å². The minimum absolute atomic E-state index is 0.288. The lowest BCUT2D eigenvalue weighted by Crippen LogP contribution is -2.20. The van der Waals surface area contributed by atoms with Gasteiger partial charge >= 0.3 is 0 Å². The van der Waals surface area contributed by atoms with Crippen LogP contribution in [0, 0.1) is 0 Å². The molecule has 2 aromatic rings. The molecule has 0 aromatic heterocycles. The SMILES string of the molecule is O=C1C(=O)c2ccc3ccccc3c2C(Br)=C1Br. The zero-order valence-corrected chi connectivity index (χ0v) is 12.2. The Hall–Kier alpha value is -1.26. The first-order valence-corrected chi connectivity index (χ1v) is 6.86. The number of hydrogen-bond donors (Lipinski definition) is 0. The molecular weight excluding hydrogens is 360 g/mol. The summed E-state index contributed by atoms with van der Waals surface area (Å²) in [6.45, 7) is 0. The van der Waals surface area contributed by atoms with Gasteiger partial charge in [-0.1, -0.05) is 30.3 Å². The van der Waals surface area contributed by atoms with Crippen molar-refractivity contribution in [3.05, 3.63) is 52.0 Å². The van der Waals surface area contributed by atoms with Crippen LogP contribution in [0.4, 0.5) is 0 Å². The van der Waals surface area contributed by atoms with E-state index >= 15 is 0 Å². The first-order chi connectivity index (χ1) is 8.61. The van der Waals surface area contributed by atoms with Crippen LogP contribution in [0.5, 0.6) is 0 Å². The van der Waals surface area contributed by atoms with E-state index in [4.69, 9.17) is 0 Å². The number of carbonyl (C=O) groups is 2. The van der Waals surface area contributed by atoms with Gasteiger partial charge in [0.2, 0.25) is 11.6 Å². The van der Waals surface area contributed by atoms with Crippen molar-refractivity contribution in [2.75, 3.05) is 0 Å². The summed E-state index contributed by atoms with van der Waals surface area (Å²) >= 11 is 6.58. The zero-order valence-electron chi connectivity index (χ0n) is 9.04. The maximum atomic E-state index is 12.0. The van der Waals surface area contributed by atoms with Gasteiger partial charge in [0.15, 0.2) is 0 Å². The van der Waals surface area contributed by atoms with Gasteiger partial charge in [-0.15, -0.1) is 0 Å². The lowest BCUT2D eigenvalue weighted by Gasteiger charge is -2.17. The summed E-state index contributed by atoms with van der Waals surface area (Å²) in [5.41, 5.74) is 1.23. The molecular formula is C14H6Br2O2. The van der Waals surface area contributed by atoms with E-state index < -0.39 is 11.6 Å². The van der Waals surface area contributed by atoms with Gasteiger partial charge in [-0.25, -0.2) is 0 Å². The van der Waals surface area contributed by atoms with E-state index in [2.05, 4.69) is 31.9 Å². The molecule has 0 radical (unpaired) electrons. The highest BCUT2D eigenvalue weighted by Crippen LogP contribution is 2.40. The van der Waals surface area contributed by atoms with Crippen molar-refractivity contribution < 1.29 is 9.59 Å². The average molecular weight is 366 g/mol. The summed E-state index contributed by atoms with van der Waals surface area (Å²) in [6.07, 6.45) is 0. The highest BCUT2D eigenvalue weighted by Gasteiger charge is 2.31. The smallest absolute Gasteiger partial charge is 0.241 e. The molecule has 0 saturated carbocycles. The quantitative estimate of drug-likeness (QED) is 0.659. The third-order valence-electron chi connectivity index (χ3n) is 2.99. The molecule has 0 atom stereocenters. The molecule has 0 saturated heterocycles. The van der Waals surface area contributed by atoms with Crippen LogP contribution in [0.1, 0.15) is 15.9 Å². The number of allylic oxidation sites excluding steroid dienone is 1. The second-order valence-corrected chi connectivity index (χ2v) is 5.58. The van der Waals surface area contributed by atoms with E-state index in [1.165, 1.54) is 0 Å². The summed E-state index contributed by atoms with van der Waals surface area (Å²) in [5.74, 6) is -0.976. The van der Waals surface area contributed by atoms with E-state index in [-0.39, 0.29) is 4.48 Å². The Bertz CT molecular complexity index is 745. The van der Waals surface area contributed by atoms with E-state index in [1.54, 1.807) is 6.07 Å². The second kappa shape index (κ2) is 4.14. The molecule has 18 heavy (non-hydrogen) atoms. The van der Waals surface area contributed by atoms with E-state index in [1.807, 2.05) is 30.3 Å². The van der Waals surface area contributed by atoms with Crippen LogP contribution in [0.25, 0.3) is 15.3 Å². The molecule has 3 rings (SSSR count). The Morgan fingerprint density at radius 3 is 2.28 bits per heavy atom. The molecule has 0 N–H and O–H groups in total. The summed E-state index contributed by atoms with van der Waals surface area (Å²) in [4.78, 5) is 23.7. The monoisotopic (exact) mass is 364 g/mol. The van der Waals surface area contributed by atoms with Gasteiger partial charge in [0.1, 0.15) is 0 Å². The Morgan fingerprint density at radius 2 is 1.50 bits per heavy atom. The number of benzene rings is 2. The van der Waals surface area contributed by atoms with Gasteiger partial charge in [0.25, 0.3) is 0 Å². The number of Topliss-reactive ketones (excluding diaryl/α,β-unsaturated/α-hetero) is 2. The summed E-state index contributed by atoms with van der Waals surface area (Å²) < 4.78 is 0.926. The van der Waals surface area contributed by atoms with Crippen LogP contribution in [-0.4, -0.2) is 11.6 Å². The third kappa shape index (κ3) is 1.52. The van der Waals surface area contributed by atoms with Gasteiger partial charge in [-0.05, 0) is 48.7 Å². The van der Waals surface area contributed by atoms with Crippen LogP contribution in [-0.2, 0) is 4.79 Å². The van der Waals surface area contributed by atoms with Gasteiger partial charge < -0.3 is 0 Å². The van der Waals surface area contributed by atoms with E-state index in [9.17, 15) is 9.59 Å². The van der Waals surface area contributed by atoms with Crippen LogP contribution >= 0.6 is 31.9 Å². The highest BCUT2D eigenvalue weighted by molar-refractivity contribution is 9.16. The Morgan fingerprint density at radius 1 is 0.778 bits per heavy atom. The molecule has 0 unspecified atom stereocenters. The number of halogens is 2. The van der Waals surface area contributed by atoms with Crippen LogP contribution in [0.3, 0.4) is 0 Å². The number of ketones is 2. The van der Waals surface area contributed by atoms with Crippen LogP contribution < -0.4 is 0 Å². The normalized spacial score (nSPS) is 15.2. The number of rotatable bonds is 0. The fourth-order valence-corrected chi connectivity index (χ4v) is 3.11. The third-order valence-corrected chi connectivity index (χ3v) is 5.07. The summed E-state index contributed by atoms with van der Waals surface area (Å²) in [7, 11) is 0. The van der Waals surface area contributed by atoms with Gasteiger partial charge in [-0.3, -0.25) is 9.59 Å². The fraction of sp³-hybridized carbons (Fsp3) is 0. The molecule has 1 aliphatic carbocycles. The lowest BCUT2D eigenvalue weighted by molar-refractivity contribution is -0.111. The first kappa shape index (κ1) is 11.8. The number of hydrogen-bond acceptors (Lipinski definition) is 2. The van der Waals surface area contributed by atoms with Crippen molar-refractivity contribution in [2.45, 2.75) is 0 Å². The van der Waals surface area contributed by atoms with Gasteiger partial charge in [0.05, 0.1) is 4.48 Å². The van der Waals surface area contributed by atoms with Crippen molar-refractivity contribution in [1.82, 2.24) is 0 Å². The Balaban J connectivity index is 2.50. The van der Waals surface area contributed by atoms with Crippen LogP contribution in [0.15, 0.2) is 40.9 Å². The van der Waals surface area contributed by atoms with Gasteiger partial charge in [-0.2, -0.15) is 0 Å². The molecule has 2 aromatic carbocycles. The van der Waals surface area contributed by atoms with Crippen molar-refractivity contribution in [2.24, 2.45) is 0 Å². The molecule has 0 heterocycles.